The number of hydrogen-bond acceptors (Lipinski definition) is 4. The Kier molecular flexibility index (Phi) is 6.94. The van der Waals surface area contributed by atoms with E-state index in [2.05, 4.69) is 32.6 Å². The molecule has 0 bridgehead atoms. The molecule has 0 aliphatic rings. The minimum atomic E-state index is -3.63. The van der Waals surface area contributed by atoms with Crippen molar-refractivity contribution < 1.29 is 17.9 Å². The first kappa shape index (κ1) is 19.8. The number of nitrogens with one attached hydrogen (secondary N) is 2. The lowest BCUT2D eigenvalue weighted by Crippen LogP contribution is -2.35. The summed E-state index contributed by atoms with van der Waals surface area (Å²) >= 11 is 2.09. The third-order valence-corrected chi connectivity index (χ3v) is 5.86. The van der Waals surface area contributed by atoms with E-state index < -0.39 is 10.0 Å². The minimum absolute atomic E-state index is 0.128. The molecule has 2 aromatic rings. The van der Waals surface area contributed by atoms with Gasteiger partial charge < -0.3 is 10.1 Å². The van der Waals surface area contributed by atoms with Gasteiger partial charge in [-0.1, -0.05) is 12.1 Å². The number of carbonyl (C=O) groups is 1. The Morgan fingerprint density at radius 1 is 1.16 bits per heavy atom. The van der Waals surface area contributed by atoms with Crippen LogP contribution in [-0.2, 0) is 14.8 Å². The molecule has 25 heavy (non-hydrogen) atoms. The highest BCUT2D eigenvalue weighted by atomic mass is 127. The smallest absolute Gasteiger partial charge is 0.256 e. The summed E-state index contributed by atoms with van der Waals surface area (Å²) in [6, 6.07) is 12.9. The molecular weight excluding hydrogens is 455 g/mol. The van der Waals surface area contributed by atoms with Gasteiger partial charge in [-0.25, -0.2) is 13.1 Å². The molecule has 2 N–H and O–H groups in total. The van der Waals surface area contributed by atoms with Crippen molar-refractivity contribution in [3.05, 3.63) is 57.7 Å². The number of ether oxygens (including phenoxy) is 1. The van der Waals surface area contributed by atoms with E-state index in [1.54, 1.807) is 31.2 Å². The largest absolute Gasteiger partial charge is 0.383 e. The van der Waals surface area contributed by atoms with Crippen molar-refractivity contribution in [2.75, 3.05) is 19.0 Å². The van der Waals surface area contributed by atoms with E-state index in [1.807, 2.05) is 12.1 Å². The first-order valence-electron chi connectivity index (χ1n) is 7.50. The van der Waals surface area contributed by atoms with E-state index in [0.29, 0.717) is 11.3 Å². The predicted molar refractivity (Wildman–Crippen MR) is 105 cm³/mol. The number of halogens is 1. The Hall–Kier alpha value is -1.49. The number of carbonyl (C=O) groups excluding carboxylic acids is 1. The Bertz CT molecular complexity index is 838. The second-order valence-electron chi connectivity index (χ2n) is 5.44. The van der Waals surface area contributed by atoms with Gasteiger partial charge in [0.05, 0.1) is 17.1 Å². The van der Waals surface area contributed by atoms with Crippen molar-refractivity contribution in [1.29, 1.82) is 0 Å². The number of rotatable bonds is 7. The van der Waals surface area contributed by atoms with Gasteiger partial charge in [-0.3, -0.25) is 4.79 Å². The van der Waals surface area contributed by atoms with Crippen LogP contribution < -0.4 is 10.0 Å². The normalized spacial score (nSPS) is 12.6. The third-order valence-electron chi connectivity index (χ3n) is 3.31. The molecule has 2 rings (SSSR count). The van der Waals surface area contributed by atoms with Crippen LogP contribution in [0.5, 0.6) is 0 Å². The van der Waals surface area contributed by atoms with Crippen LogP contribution in [0.25, 0.3) is 0 Å². The fourth-order valence-corrected chi connectivity index (χ4v) is 4.04. The summed E-state index contributed by atoms with van der Waals surface area (Å²) < 4.78 is 32.8. The fraction of sp³-hybridized carbons (Fsp3) is 0.235. The fourth-order valence-electron chi connectivity index (χ4n) is 2.18. The standard InChI is InChI=1S/C17H19IN2O4S/c1-12(11-24-2)20-25(22,23)14-9-7-13(8-10-14)19-17(21)15-5-3-4-6-16(15)18/h3-10,12,20H,11H2,1-2H3,(H,19,21). The first-order chi connectivity index (χ1) is 11.8. The van der Waals surface area contributed by atoms with Crippen LogP contribution in [0.4, 0.5) is 5.69 Å². The van der Waals surface area contributed by atoms with Gasteiger partial charge in [0.1, 0.15) is 0 Å². The number of sulfonamides is 1. The minimum Gasteiger partial charge on any atom is -0.383 e. The number of amides is 1. The number of hydrogen-bond donors (Lipinski definition) is 2. The molecule has 0 radical (unpaired) electrons. The van der Waals surface area contributed by atoms with E-state index in [0.717, 1.165) is 3.57 Å². The molecule has 0 aliphatic heterocycles. The quantitative estimate of drug-likeness (QED) is 0.605. The maximum atomic E-state index is 12.3. The molecule has 0 heterocycles. The number of methoxy groups -OCH3 is 1. The lowest BCUT2D eigenvalue weighted by atomic mass is 10.2. The summed E-state index contributed by atoms with van der Waals surface area (Å²) in [5.74, 6) is -0.243. The van der Waals surface area contributed by atoms with Gasteiger partial charge in [-0.15, -0.1) is 0 Å². The Morgan fingerprint density at radius 2 is 1.80 bits per heavy atom. The Morgan fingerprint density at radius 3 is 2.40 bits per heavy atom. The molecule has 0 fully saturated rings. The molecule has 0 saturated heterocycles. The molecule has 1 atom stereocenters. The van der Waals surface area contributed by atoms with Crippen molar-refractivity contribution in [2.24, 2.45) is 0 Å². The third kappa shape index (κ3) is 5.50. The molecule has 1 amide bonds. The zero-order valence-corrected chi connectivity index (χ0v) is 16.8. The van der Waals surface area contributed by atoms with Gasteiger partial charge in [-0.2, -0.15) is 0 Å². The van der Waals surface area contributed by atoms with E-state index >= 15 is 0 Å². The van der Waals surface area contributed by atoms with Crippen LogP contribution in [0, 0.1) is 3.57 Å². The summed E-state index contributed by atoms with van der Waals surface area (Å²) in [5.41, 5.74) is 1.09. The summed E-state index contributed by atoms with van der Waals surface area (Å²) in [6.45, 7) is 2.00. The van der Waals surface area contributed by atoms with Crippen LogP contribution in [0.3, 0.4) is 0 Å². The Balaban J connectivity index is 2.09. The van der Waals surface area contributed by atoms with E-state index in [9.17, 15) is 13.2 Å². The van der Waals surface area contributed by atoms with Gasteiger partial charge in [0.15, 0.2) is 0 Å². The summed E-state index contributed by atoms with van der Waals surface area (Å²) in [7, 11) is -2.12. The lowest BCUT2D eigenvalue weighted by molar-refractivity contribution is 0.102. The molecule has 6 nitrogen and oxygen atoms in total. The molecule has 1 unspecified atom stereocenters. The van der Waals surface area contributed by atoms with E-state index in [1.165, 1.54) is 19.2 Å². The average Bonchev–Trinajstić information content (AvgIpc) is 2.55. The van der Waals surface area contributed by atoms with Crippen molar-refractivity contribution in [2.45, 2.75) is 17.9 Å². The van der Waals surface area contributed by atoms with Crippen molar-refractivity contribution >= 4 is 44.2 Å². The van der Waals surface area contributed by atoms with Crippen LogP contribution in [0.2, 0.25) is 0 Å². The van der Waals surface area contributed by atoms with Crippen LogP contribution in [-0.4, -0.2) is 34.1 Å². The summed E-state index contributed by atoms with van der Waals surface area (Å²) in [6.07, 6.45) is 0. The average molecular weight is 474 g/mol. The molecule has 2 aromatic carbocycles. The SMILES string of the molecule is COCC(C)NS(=O)(=O)c1ccc(NC(=O)c2ccccc2I)cc1. The maximum Gasteiger partial charge on any atom is 0.256 e. The Labute approximate surface area is 161 Å². The summed E-state index contributed by atoms with van der Waals surface area (Å²) in [4.78, 5) is 12.4. The van der Waals surface area contributed by atoms with Crippen LogP contribution >= 0.6 is 22.6 Å². The number of benzene rings is 2. The van der Waals surface area contributed by atoms with Crippen molar-refractivity contribution in [3.8, 4) is 0 Å². The van der Waals surface area contributed by atoms with Gasteiger partial charge >= 0.3 is 0 Å². The van der Waals surface area contributed by atoms with Gasteiger partial charge in [0.2, 0.25) is 10.0 Å². The predicted octanol–water partition coefficient (Wildman–Crippen LogP) is 2.86. The highest BCUT2D eigenvalue weighted by molar-refractivity contribution is 14.1. The highest BCUT2D eigenvalue weighted by Gasteiger charge is 2.17. The van der Waals surface area contributed by atoms with Gasteiger partial charge in [-0.05, 0) is 65.9 Å². The van der Waals surface area contributed by atoms with Crippen LogP contribution in [0.1, 0.15) is 17.3 Å². The first-order valence-corrected chi connectivity index (χ1v) is 10.1. The monoisotopic (exact) mass is 474 g/mol. The zero-order chi connectivity index (χ0) is 18.4. The van der Waals surface area contributed by atoms with Gasteiger partial charge in [0.25, 0.3) is 5.91 Å². The van der Waals surface area contributed by atoms with Crippen LogP contribution in [0.15, 0.2) is 53.4 Å². The molecule has 134 valence electrons. The topological polar surface area (TPSA) is 84.5 Å². The summed E-state index contributed by atoms with van der Waals surface area (Å²) in [5, 5.41) is 2.76. The maximum absolute atomic E-state index is 12.3. The molecule has 0 aromatic heterocycles. The molecule has 0 spiro atoms. The molecule has 8 heteroatoms. The molecule has 0 saturated carbocycles. The second-order valence-corrected chi connectivity index (χ2v) is 8.31. The van der Waals surface area contributed by atoms with E-state index in [-0.39, 0.29) is 23.5 Å². The highest BCUT2D eigenvalue weighted by Crippen LogP contribution is 2.17. The second kappa shape index (κ2) is 8.75. The number of anilines is 1. The molecular formula is C17H19IN2O4S. The van der Waals surface area contributed by atoms with Gasteiger partial charge in [0, 0.05) is 22.4 Å². The molecule has 0 aliphatic carbocycles. The van der Waals surface area contributed by atoms with Crippen molar-refractivity contribution in [1.82, 2.24) is 4.72 Å². The zero-order valence-electron chi connectivity index (χ0n) is 13.8. The lowest BCUT2D eigenvalue weighted by Gasteiger charge is -2.13. The van der Waals surface area contributed by atoms with Crippen molar-refractivity contribution in [3.63, 3.8) is 0 Å². The van der Waals surface area contributed by atoms with E-state index in [4.69, 9.17) is 4.74 Å².